The lowest BCUT2D eigenvalue weighted by atomic mass is 9.81. The summed E-state index contributed by atoms with van der Waals surface area (Å²) >= 11 is 0. The van der Waals surface area contributed by atoms with Gasteiger partial charge in [0.05, 0.1) is 0 Å². The molecule has 0 unspecified atom stereocenters. The highest BCUT2D eigenvalue weighted by Crippen LogP contribution is 2.36. The molecule has 0 amide bonds. The van der Waals surface area contributed by atoms with Gasteiger partial charge in [-0.15, -0.1) is 0 Å². The van der Waals surface area contributed by atoms with Gasteiger partial charge in [-0.25, -0.2) is 0 Å². The standard InChI is InChI=1S/C15H20O2/c1-10-8-14(12-6-4-3-5-7-12)13(11(2)16)9-15(10)17/h8-9,12,17H,3-7H2,1-2H3. The molecule has 1 aliphatic rings. The largest absolute Gasteiger partial charge is 0.508 e. The van der Waals surface area contributed by atoms with E-state index in [1.54, 1.807) is 13.0 Å². The van der Waals surface area contributed by atoms with E-state index in [0.717, 1.165) is 11.1 Å². The first-order chi connectivity index (χ1) is 8.09. The van der Waals surface area contributed by atoms with Gasteiger partial charge in [-0.3, -0.25) is 4.79 Å². The van der Waals surface area contributed by atoms with E-state index in [1.807, 2.05) is 13.0 Å². The van der Waals surface area contributed by atoms with E-state index in [9.17, 15) is 9.90 Å². The number of carbonyl (C=O) groups is 1. The zero-order valence-corrected chi connectivity index (χ0v) is 10.6. The van der Waals surface area contributed by atoms with Crippen LogP contribution in [0.5, 0.6) is 5.75 Å². The molecular weight excluding hydrogens is 212 g/mol. The van der Waals surface area contributed by atoms with Crippen LogP contribution in [0.25, 0.3) is 0 Å². The van der Waals surface area contributed by atoms with Crippen LogP contribution in [0.1, 0.15) is 66.4 Å². The first-order valence-electron chi connectivity index (χ1n) is 6.44. The lowest BCUT2D eigenvalue weighted by Crippen LogP contribution is -2.10. The van der Waals surface area contributed by atoms with Crippen molar-refractivity contribution in [3.05, 3.63) is 28.8 Å². The van der Waals surface area contributed by atoms with Crippen LogP contribution in [0.2, 0.25) is 0 Å². The highest BCUT2D eigenvalue weighted by atomic mass is 16.3. The minimum Gasteiger partial charge on any atom is -0.508 e. The molecule has 92 valence electrons. The topological polar surface area (TPSA) is 37.3 Å². The predicted octanol–water partition coefficient (Wildman–Crippen LogP) is 3.95. The van der Waals surface area contributed by atoms with E-state index in [-0.39, 0.29) is 11.5 Å². The first-order valence-corrected chi connectivity index (χ1v) is 6.44. The fraction of sp³-hybridized carbons (Fsp3) is 0.533. The number of phenols is 1. The summed E-state index contributed by atoms with van der Waals surface area (Å²) in [4.78, 5) is 11.7. The molecule has 1 N–H and O–H groups in total. The summed E-state index contributed by atoms with van der Waals surface area (Å²) < 4.78 is 0. The van der Waals surface area contributed by atoms with Gasteiger partial charge in [0.25, 0.3) is 0 Å². The maximum atomic E-state index is 11.7. The summed E-state index contributed by atoms with van der Waals surface area (Å²) in [5, 5.41) is 9.72. The lowest BCUT2D eigenvalue weighted by molar-refractivity contribution is 0.101. The Labute approximate surface area is 103 Å². The van der Waals surface area contributed by atoms with Crippen LogP contribution in [0.3, 0.4) is 0 Å². The molecule has 0 radical (unpaired) electrons. The summed E-state index contributed by atoms with van der Waals surface area (Å²) in [5.41, 5.74) is 2.73. The summed E-state index contributed by atoms with van der Waals surface area (Å²) in [6.07, 6.45) is 6.15. The van der Waals surface area contributed by atoms with Gasteiger partial charge >= 0.3 is 0 Å². The van der Waals surface area contributed by atoms with Crippen LogP contribution in [-0.4, -0.2) is 10.9 Å². The number of aromatic hydroxyl groups is 1. The van der Waals surface area contributed by atoms with Crippen LogP contribution in [0.15, 0.2) is 12.1 Å². The Morgan fingerprint density at radius 2 is 1.88 bits per heavy atom. The molecule has 17 heavy (non-hydrogen) atoms. The normalized spacial score (nSPS) is 17.1. The van der Waals surface area contributed by atoms with Crippen LogP contribution < -0.4 is 0 Å². The number of ketones is 1. The van der Waals surface area contributed by atoms with Crippen LogP contribution >= 0.6 is 0 Å². The van der Waals surface area contributed by atoms with E-state index in [1.165, 1.54) is 32.1 Å². The Bertz CT molecular complexity index is 429. The minimum atomic E-state index is 0.0564. The van der Waals surface area contributed by atoms with Crippen LogP contribution in [0.4, 0.5) is 0 Å². The van der Waals surface area contributed by atoms with Gasteiger partial charge in [0, 0.05) is 5.56 Å². The van der Waals surface area contributed by atoms with E-state index in [2.05, 4.69) is 0 Å². The van der Waals surface area contributed by atoms with Crippen molar-refractivity contribution in [2.45, 2.75) is 51.9 Å². The van der Waals surface area contributed by atoms with Gasteiger partial charge in [0.2, 0.25) is 0 Å². The summed E-state index contributed by atoms with van der Waals surface area (Å²) in [6.45, 7) is 3.47. The Balaban J connectivity index is 2.42. The molecule has 2 heteroatoms. The molecule has 2 rings (SSSR count). The SMILES string of the molecule is CC(=O)c1cc(O)c(C)cc1C1CCCCC1. The molecule has 1 aliphatic carbocycles. The smallest absolute Gasteiger partial charge is 0.160 e. The average Bonchev–Trinajstić information content (AvgIpc) is 2.33. The Kier molecular flexibility index (Phi) is 3.51. The van der Waals surface area contributed by atoms with Gasteiger partial charge < -0.3 is 5.11 Å². The van der Waals surface area contributed by atoms with Gasteiger partial charge in [0.15, 0.2) is 5.78 Å². The second-order valence-electron chi connectivity index (χ2n) is 5.12. The highest BCUT2D eigenvalue weighted by molar-refractivity contribution is 5.96. The zero-order chi connectivity index (χ0) is 12.4. The predicted molar refractivity (Wildman–Crippen MR) is 68.7 cm³/mol. The average molecular weight is 232 g/mol. The molecule has 0 bridgehead atoms. The Hall–Kier alpha value is -1.31. The van der Waals surface area contributed by atoms with Crippen molar-refractivity contribution in [1.29, 1.82) is 0 Å². The first kappa shape index (κ1) is 12.2. The number of rotatable bonds is 2. The molecule has 0 saturated heterocycles. The fourth-order valence-corrected chi connectivity index (χ4v) is 2.78. The third-order valence-corrected chi connectivity index (χ3v) is 3.79. The van der Waals surface area contributed by atoms with Gasteiger partial charge in [-0.05, 0) is 49.8 Å². The molecule has 0 aromatic heterocycles. The monoisotopic (exact) mass is 232 g/mol. The second kappa shape index (κ2) is 4.91. The number of hydrogen-bond acceptors (Lipinski definition) is 2. The molecule has 0 spiro atoms. The molecule has 1 aromatic carbocycles. The number of carbonyl (C=O) groups excluding carboxylic acids is 1. The summed E-state index contributed by atoms with van der Waals surface area (Å²) in [5.74, 6) is 0.789. The Morgan fingerprint density at radius 1 is 1.24 bits per heavy atom. The van der Waals surface area contributed by atoms with Crippen LogP contribution in [-0.2, 0) is 0 Å². The second-order valence-corrected chi connectivity index (χ2v) is 5.12. The quantitative estimate of drug-likeness (QED) is 0.784. The van der Waals surface area contributed by atoms with Crippen molar-refractivity contribution in [3.63, 3.8) is 0 Å². The highest BCUT2D eigenvalue weighted by Gasteiger charge is 2.21. The number of phenolic OH excluding ortho intramolecular Hbond substituents is 1. The van der Waals surface area contributed by atoms with Crippen molar-refractivity contribution < 1.29 is 9.90 Å². The molecule has 0 atom stereocenters. The summed E-state index contributed by atoms with van der Waals surface area (Å²) in [6, 6.07) is 3.64. The maximum absolute atomic E-state index is 11.7. The van der Waals surface area contributed by atoms with Crippen molar-refractivity contribution in [3.8, 4) is 5.75 Å². The van der Waals surface area contributed by atoms with Crippen molar-refractivity contribution in [2.75, 3.05) is 0 Å². The van der Waals surface area contributed by atoms with Crippen molar-refractivity contribution in [1.82, 2.24) is 0 Å². The summed E-state index contributed by atoms with van der Waals surface area (Å²) in [7, 11) is 0. The molecule has 0 aliphatic heterocycles. The van der Waals surface area contributed by atoms with Crippen molar-refractivity contribution in [2.24, 2.45) is 0 Å². The van der Waals surface area contributed by atoms with Crippen LogP contribution in [0, 0.1) is 6.92 Å². The maximum Gasteiger partial charge on any atom is 0.160 e. The van der Waals surface area contributed by atoms with Gasteiger partial charge in [0.1, 0.15) is 5.75 Å². The molecule has 2 nitrogen and oxygen atoms in total. The fourth-order valence-electron chi connectivity index (χ4n) is 2.78. The minimum absolute atomic E-state index is 0.0564. The van der Waals surface area contributed by atoms with E-state index in [4.69, 9.17) is 0 Å². The molecular formula is C15H20O2. The molecule has 1 saturated carbocycles. The van der Waals surface area contributed by atoms with Crippen molar-refractivity contribution >= 4 is 5.78 Å². The molecule has 1 fully saturated rings. The van der Waals surface area contributed by atoms with E-state index >= 15 is 0 Å². The van der Waals surface area contributed by atoms with Gasteiger partial charge in [-0.1, -0.05) is 25.3 Å². The zero-order valence-electron chi connectivity index (χ0n) is 10.6. The molecule has 0 heterocycles. The van der Waals surface area contributed by atoms with E-state index in [0.29, 0.717) is 11.5 Å². The van der Waals surface area contributed by atoms with Gasteiger partial charge in [-0.2, -0.15) is 0 Å². The number of aryl methyl sites for hydroxylation is 1. The third kappa shape index (κ3) is 2.51. The third-order valence-electron chi connectivity index (χ3n) is 3.79. The molecule has 1 aromatic rings. The number of Topliss-reactive ketones (excluding diaryl/α,β-unsaturated/α-hetero) is 1. The number of benzene rings is 1. The van der Waals surface area contributed by atoms with E-state index < -0.39 is 0 Å². The number of hydrogen-bond donors (Lipinski definition) is 1. The Morgan fingerprint density at radius 3 is 2.47 bits per heavy atom. The lowest BCUT2D eigenvalue weighted by Gasteiger charge is -2.24.